The van der Waals surface area contributed by atoms with Gasteiger partial charge in [-0.05, 0) is 48.7 Å². The van der Waals surface area contributed by atoms with Crippen molar-refractivity contribution in [3.8, 4) is 22.6 Å². The van der Waals surface area contributed by atoms with Crippen molar-refractivity contribution >= 4 is 23.2 Å². The molecule has 174 valence electrons. The molecule has 9 heteroatoms. The van der Waals surface area contributed by atoms with E-state index in [1.54, 1.807) is 55.6 Å². The number of non-ortho nitro benzene ring substituents is 1. The number of nitro groups is 1. The normalized spacial score (nSPS) is 12.5. The summed E-state index contributed by atoms with van der Waals surface area (Å²) in [5, 5.41) is 16.9. The molecule has 3 aromatic rings. The van der Waals surface area contributed by atoms with E-state index in [0.29, 0.717) is 33.9 Å². The summed E-state index contributed by atoms with van der Waals surface area (Å²) in [6, 6.07) is 18.1. The van der Waals surface area contributed by atoms with E-state index < -0.39 is 10.8 Å². The SMILES string of the molecule is COc1ccc(-c2cc([N+](=O)[O-])ccc2OCC(=O)Nc2ccccc2C(=O)NC2CC2)cc1. The van der Waals surface area contributed by atoms with E-state index in [1.165, 1.54) is 18.2 Å². The first-order chi connectivity index (χ1) is 16.4. The average Bonchev–Trinajstić information content (AvgIpc) is 3.67. The number of carbonyl (C=O) groups is 2. The third-order valence-corrected chi connectivity index (χ3v) is 5.29. The van der Waals surface area contributed by atoms with Crippen molar-refractivity contribution in [2.24, 2.45) is 0 Å². The largest absolute Gasteiger partial charge is 0.497 e. The van der Waals surface area contributed by atoms with Crippen molar-refractivity contribution in [2.45, 2.75) is 18.9 Å². The number of hydrogen-bond donors (Lipinski definition) is 2. The number of carbonyl (C=O) groups excluding carboxylic acids is 2. The van der Waals surface area contributed by atoms with Crippen LogP contribution in [-0.2, 0) is 4.79 Å². The number of amides is 2. The van der Waals surface area contributed by atoms with E-state index in [1.807, 2.05) is 0 Å². The predicted molar refractivity (Wildman–Crippen MR) is 126 cm³/mol. The molecule has 0 spiro atoms. The van der Waals surface area contributed by atoms with Gasteiger partial charge in [0.15, 0.2) is 6.61 Å². The van der Waals surface area contributed by atoms with Gasteiger partial charge in [-0.15, -0.1) is 0 Å². The Hall–Kier alpha value is -4.40. The number of nitrogens with zero attached hydrogens (tertiary/aromatic N) is 1. The molecule has 0 aliphatic heterocycles. The zero-order valence-electron chi connectivity index (χ0n) is 18.4. The lowest BCUT2D eigenvalue weighted by Gasteiger charge is -2.14. The van der Waals surface area contributed by atoms with Crippen LogP contribution >= 0.6 is 0 Å². The molecule has 0 aromatic heterocycles. The molecule has 1 fully saturated rings. The number of nitrogens with one attached hydrogen (secondary N) is 2. The lowest BCUT2D eigenvalue weighted by atomic mass is 10.0. The predicted octanol–water partition coefficient (Wildman–Crippen LogP) is 4.18. The Bertz CT molecular complexity index is 1220. The van der Waals surface area contributed by atoms with Crippen molar-refractivity contribution in [1.82, 2.24) is 5.32 Å². The summed E-state index contributed by atoms with van der Waals surface area (Å²) in [4.78, 5) is 35.8. The van der Waals surface area contributed by atoms with Crippen LogP contribution in [0.3, 0.4) is 0 Å². The average molecular weight is 461 g/mol. The number of anilines is 1. The molecule has 2 N–H and O–H groups in total. The van der Waals surface area contributed by atoms with Gasteiger partial charge in [0.25, 0.3) is 17.5 Å². The van der Waals surface area contributed by atoms with Gasteiger partial charge in [0.1, 0.15) is 11.5 Å². The lowest BCUT2D eigenvalue weighted by Crippen LogP contribution is -2.28. The molecule has 1 aliphatic rings. The maximum absolute atomic E-state index is 12.6. The topological polar surface area (TPSA) is 120 Å². The molecule has 1 saturated carbocycles. The summed E-state index contributed by atoms with van der Waals surface area (Å²) in [6.45, 7) is -0.348. The van der Waals surface area contributed by atoms with E-state index in [4.69, 9.17) is 9.47 Å². The highest BCUT2D eigenvalue weighted by Crippen LogP contribution is 2.34. The highest BCUT2D eigenvalue weighted by atomic mass is 16.6. The number of hydrogen-bond acceptors (Lipinski definition) is 6. The zero-order chi connectivity index (χ0) is 24.1. The third kappa shape index (κ3) is 5.50. The van der Waals surface area contributed by atoms with Gasteiger partial charge < -0.3 is 20.1 Å². The van der Waals surface area contributed by atoms with Crippen LogP contribution in [0, 0.1) is 10.1 Å². The fourth-order valence-corrected chi connectivity index (χ4v) is 3.36. The van der Waals surface area contributed by atoms with Crippen molar-refractivity contribution in [3.63, 3.8) is 0 Å². The summed E-state index contributed by atoms with van der Waals surface area (Å²) in [7, 11) is 1.54. The fraction of sp³-hybridized carbons (Fsp3) is 0.200. The molecule has 9 nitrogen and oxygen atoms in total. The Morgan fingerprint density at radius 2 is 1.79 bits per heavy atom. The lowest BCUT2D eigenvalue weighted by molar-refractivity contribution is -0.384. The second kappa shape index (κ2) is 10.0. The summed E-state index contributed by atoms with van der Waals surface area (Å²) in [6.07, 6.45) is 1.92. The van der Waals surface area contributed by atoms with Crippen LogP contribution in [0.1, 0.15) is 23.2 Å². The number of rotatable bonds is 9. The smallest absolute Gasteiger partial charge is 0.270 e. The third-order valence-electron chi connectivity index (χ3n) is 5.29. The van der Waals surface area contributed by atoms with Crippen molar-refractivity contribution < 1.29 is 24.0 Å². The Labute approximate surface area is 195 Å². The van der Waals surface area contributed by atoms with E-state index in [-0.39, 0.29) is 24.2 Å². The first-order valence-electron chi connectivity index (χ1n) is 10.7. The molecular weight excluding hydrogens is 438 g/mol. The second-order valence-corrected chi connectivity index (χ2v) is 7.80. The van der Waals surface area contributed by atoms with Crippen LogP contribution in [0.25, 0.3) is 11.1 Å². The molecule has 0 bridgehead atoms. The van der Waals surface area contributed by atoms with Crippen LogP contribution in [0.4, 0.5) is 11.4 Å². The van der Waals surface area contributed by atoms with Gasteiger partial charge >= 0.3 is 0 Å². The van der Waals surface area contributed by atoms with E-state index in [2.05, 4.69) is 10.6 Å². The molecule has 2 amide bonds. The van der Waals surface area contributed by atoms with Gasteiger partial charge in [0.05, 0.1) is 23.3 Å². The van der Waals surface area contributed by atoms with Gasteiger partial charge in [-0.3, -0.25) is 19.7 Å². The maximum Gasteiger partial charge on any atom is 0.270 e. The van der Waals surface area contributed by atoms with Crippen molar-refractivity contribution in [2.75, 3.05) is 19.0 Å². The first kappa shape index (κ1) is 22.8. The summed E-state index contributed by atoms with van der Waals surface area (Å²) >= 11 is 0. The highest BCUT2D eigenvalue weighted by Gasteiger charge is 2.25. The van der Waals surface area contributed by atoms with Gasteiger partial charge in [0, 0.05) is 23.7 Å². The molecule has 0 saturated heterocycles. The van der Waals surface area contributed by atoms with Gasteiger partial charge in [-0.2, -0.15) is 0 Å². The zero-order valence-corrected chi connectivity index (χ0v) is 18.4. The van der Waals surface area contributed by atoms with Crippen molar-refractivity contribution in [1.29, 1.82) is 0 Å². The second-order valence-electron chi connectivity index (χ2n) is 7.80. The minimum Gasteiger partial charge on any atom is -0.497 e. The molecule has 1 aliphatic carbocycles. The number of para-hydroxylation sites is 1. The Morgan fingerprint density at radius 3 is 2.47 bits per heavy atom. The maximum atomic E-state index is 12.6. The molecule has 0 heterocycles. The number of benzene rings is 3. The van der Waals surface area contributed by atoms with Crippen LogP contribution < -0.4 is 20.1 Å². The molecule has 3 aromatic carbocycles. The summed E-state index contributed by atoms with van der Waals surface area (Å²) in [5.41, 5.74) is 1.79. The minimum atomic E-state index is -0.493. The fourth-order valence-electron chi connectivity index (χ4n) is 3.36. The minimum absolute atomic E-state index is 0.0989. The van der Waals surface area contributed by atoms with Gasteiger partial charge in [-0.25, -0.2) is 0 Å². The molecule has 0 unspecified atom stereocenters. The van der Waals surface area contributed by atoms with Gasteiger partial charge in [0.2, 0.25) is 0 Å². The molecular formula is C25H23N3O6. The molecule has 0 atom stereocenters. The van der Waals surface area contributed by atoms with E-state index >= 15 is 0 Å². The quantitative estimate of drug-likeness (QED) is 0.364. The van der Waals surface area contributed by atoms with Crippen LogP contribution in [0.15, 0.2) is 66.7 Å². The number of ether oxygens (including phenoxy) is 2. The Morgan fingerprint density at radius 1 is 1.06 bits per heavy atom. The molecule has 0 radical (unpaired) electrons. The monoisotopic (exact) mass is 461 g/mol. The summed E-state index contributed by atoms with van der Waals surface area (Å²) in [5.74, 6) is 0.244. The highest BCUT2D eigenvalue weighted by molar-refractivity contribution is 6.04. The Kier molecular flexibility index (Phi) is 6.72. The van der Waals surface area contributed by atoms with Crippen LogP contribution in [0.5, 0.6) is 11.5 Å². The van der Waals surface area contributed by atoms with Crippen molar-refractivity contribution in [3.05, 3.63) is 82.4 Å². The van der Waals surface area contributed by atoms with E-state index in [9.17, 15) is 19.7 Å². The van der Waals surface area contributed by atoms with Gasteiger partial charge in [-0.1, -0.05) is 24.3 Å². The van der Waals surface area contributed by atoms with Crippen LogP contribution in [0.2, 0.25) is 0 Å². The number of methoxy groups -OCH3 is 1. The Balaban J connectivity index is 1.49. The van der Waals surface area contributed by atoms with E-state index in [0.717, 1.165) is 12.8 Å². The number of nitro benzene ring substituents is 1. The molecule has 34 heavy (non-hydrogen) atoms. The standard InChI is InChI=1S/C25H23N3O6/c1-33-19-11-6-16(7-12-19)21-14-18(28(31)32)10-13-23(21)34-15-24(29)27-22-5-3-2-4-20(22)25(30)26-17-8-9-17/h2-7,10-14,17H,8-9,15H2,1H3,(H,26,30)(H,27,29). The summed E-state index contributed by atoms with van der Waals surface area (Å²) < 4.78 is 10.9. The molecule has 4 rings (SSSR count). The first-order valence-corrected chi connectivity index (χ1v) is 10.7. The van der Waals surface area contributed by atoms with Crippen LogP contribution in [-0.4, -0.2) is 36.5 Å².